The first-order valence-electron chi connectivity index (χ1n) is 9.61. The van der Waals surface area contributed by atoms with Crippen LogP contribution in [0, 0.1) is 17.8 Å². The molecule has 0 bridgehead atoms. The van der Waals surface area contributed by atoms with Crippen molar-refractivity contribution in [2.45, 2.75) is 65.3 Å². The summed E-state index contributed by atoms with van der Waals surface area (Å²) in [6, 6.07) is 0. The predicted molar refractivity (Wildman–Crippen MR) is 96.4 cm³/mol. The zero-order valence-electron chi connectivity index (χ0n) is 15.7. The highest BCUT2D eigenvalue weighted by molar-refractivity contribution is 5.76. The van der Waals surface area contributed by atoms with E-state index in [-0.39, 0.29) is 11.4 Å². The van der Waals surface area contributed by atoms with Crippen LogP contribution in [-0.2, 0) is 4.79 Å². The van der Waals surface area contributed by atoms with Gasteiger partial charge in [-0.3, -0.25) is 9.69 Å². The van der Waals surface area contributed by atoms with E-state index in [1.807, 2.05) is 0 Å². The van der Waals surface area contributed by atoms with Crippen LogP contribution in [0.1, 0.15) is 59.8 Å². The molecule has 0 saturated carbocycles. The number of carbonyl (C=O) groups is 1. The number of nitrogens with one attached hydrogen (secondary N) is 2. The topological polar surface area (TPSA) is 44.4 Å². The van der Waals surface area contributed by atoms with Gasteiger partial charge in [0, 0.05) is 25.0 Å². The van der Waals surface area contributed by atoms with Gasteiger partial charge in [-0.1, -0.05) is 13.8 Å². The van der Waals surface area contributed by atoms with Gasteiger partial charge in [0.15, 0.2) is 0 Å². The SMILES string of the molecule is CC1CCCN(C(C)(C)CNC(=O)CC(C)C2CCCNC2)C1. The fraction of sp³-hybridized carbons (Fsp3) is 0.947. The predicted octanol–water partition coefficient (Wildman–Crippen LogP) is 2.64. The van der Waals surface area contributed by atoms with Crippen LogP contribution < -0.4 is 10.6 Å². The second kappa shape index (κ2) is 8.48. The van der Waals surface area contributed by atoms with E-state index in [0.29, 0.717) is 18.3 Å². The average Bonchev–Trinajstić information content (AvgIpc) is 2.54. The van der Waals surface area contributed by atoms with Gasteiger partial charge in [0.05, 0.1) is 0 Å². The van der Waals surface area contributed by atoms with Gasteiger partial charge in [0.25, 0.3) is 0 Å². The molecule has 1 amide bonds. The molecule has 0 aromatic rings. The Morgan fingerprint density at radius 1 is 1.35 bits per heavy atom. The Kier molecular flexibility index (Phi) is 6.90. The highest BCUT2D eigenvalue weighted by Crippen LogP contribution is 2.24. The maximum Gasteiger partial charge on any atom is 0.220 e. The minimum absolute atomic E-state index is 0.0555. The molecule has 2 heterocycles. The minimum Gasteiger partial charge on any atom is -0.354 e. The summed E-state index contributed by atoms with van der Waals surface area (Å²) in [6.45, 7) is 14.4. The highest BCUT2D eigenvalue weighted by Gasteiger charge is 2.30. The number of piperidine rings is 2. The quantitative estimate of drug-likeness (QED) is 0.790. The van der Waals surface area contributed by atoms with E-state index in [1.165, 1.54) is 25.7 Å². The molecule has 2 fully saturated rings. The van der Waals surface area contributed by atoms with Crippen LogP contribution in [0.2, 0.25) is 0 Å². The summed E-state index contributed by atoms with van der Waals surface area (Å²) in [5, 5.41) is 6.66. The summed E-state index contributed by atoms with van der Waals surface area (Å²) in [7, 11) is 0. The van der Waals surface area contributed by atoms with Gasteiger partial charge in [-0.2, -0.15) is 0 Å². The second-order valence-corrected chi connectivity index (χ2v) is 8.57. The normalized spacial score (nSPS) is 28.3. The molecular formula is C19H37N3O. The van der Waals surface area contributed by atoms with Crippen LogP contribution in [0.25, 0.3) is 0 Å². The largest absolute Gasteiger partial charge is 0.354 e. The monoisotopic (exact) mass is 323 g/mol. The van der Waals surface area contributed by atoms with Crippen molar-refractivity contribution in [2.75, 3.05) is 32.7 Å². The highest BCUT2D eigenvalue weighted by atomic mass is 16.1. The number of nitrogens with zero attached hydrogens (tertiary/aromatic N) is 1. The van der Waals surface area contributed by atoms with Crippen molar-refractivity contribution in [3.63, 3.8) is 0 Å². The maximum absolute atomic E-state index is 12.3. The average molecular weight is 324 g/mol. The Morgan fingerprint density at radius 2 is 2.13 bits per heavy atom. The molecule has 0 radical (unpaired) electrons. The second-order valence-electron chi connectivity index (χ2n) is 8.57. The molecule has 0 aliphatic carbocycles. The molecule has 2 aliphatic heterocycles. The van der Waals surface area contributed by atoms with E-state index >= 15 is 0 Å². The van der Waals surface area contributed by atoms with Gasteiger partial charge in [0.2, 0.25) is 5.91 Å². The molecule has 0 aromatic heterocycles. The molecule has 0 aromatic carbocycles. The van der Waals surface area contributed by atoms with Crippen LogP contribution >= 0.6 is 0 Å². The zero-order valence-corrected chi connectivity index (χ0v) is 15.7. The maximum atomic E-state index is 12.3. The lowest BCUT2D eigenvalue weighted by Gasteiger charge is -2.43. The first kappa shape index (κ1) is 18.7. The van der Waals surface area contributed by atoms with Gasteiger partial charge >= 0.3 is 0 Å². The van der Waals surface area contributed by atoms with Gasteiger partial charge in [-0.15, -0.1) is 0 Å². The summed E-state index contributed by atoms with van der Waals surface area (Å²) < 4.78 is 0. The number of hydrogen-bond acceptors (Lipinski definition) is 3. The van der Waals surface area contributed by atoms with Gasteiger partial charge in [0.1, 0.15) is 0 Å². The van der Waals surface area contributed by atoms with E-state index in [0.717, 1.165) is 38.6 Å². The lowest BCUT2D eigenvalue weighted by molar-refractivity contribution is -0.123. The molecule has 2 aliphatic rings. The molecule has 3 atom stereocenters. The lowest BCUT2D eigenvalue weighted by atomic mass is 9.85. The summed E-state index contributed by atoms with van der Waals surface area (Å²) in [5.74, 6) is 2.13. The van der Waals surface area contributed by atoms with Crippen molar-refractivity contribution in [3.05, 3.63) is 0 Å². The third kappa shape index (κ3) is 5.75. The molecule has 4 heteroatoms. The number of hydrogen-bond donors (Lipinski definition) is 2. The standard InChI is InChI=1S/C19H37N3O/c1-15-7-6-10-22(13-15)19(3,4)14-21-18(23)11-16(2)17-8-5-9-20-12-17/h15-17,20H,5-14H2,1-4H3,(H,21,23). The number of carbonyl (C=O) groups excluding carboxylic acids is 1. The molecule has 2 rings (SSSR count). The van der Waals surface area contributed by atoms with E-state index in [2.05, 4.69) is 43.2 Å². The fourth-order valence-electron chi connectivity index (χ4n) is 4.06. The van der Waals surface area contributed by atoms with Gasteiger partial charge < -0.3 is 10.6 Å². The molecule has 0 spiro atoms. The van der Waals surface area contributed by atoms with Crippen LogP contribution in [0.5, 0.6) is 0 Å². The minimum atomic E-state index is 0.0555. The van der Waals surface area contributed by atoms with Crippen LogP contribution in [-0.4, -0.2) is 49.1 Å². The van der Waals surface area contributed by atoms with Crippen LogP contribution in [0.4, 0.5) is 0 Å². The Bertz CT molecular complexity index is 377. The van der Waals surface area contributed by atoms with Crippen molar-refractivity contribution >= 4 is 5.91 Å². The summed E-state index contributed by atoms with van der Waals surface area (Å²) >= 11 is 0. The van der Waals surface area contributed by atoms with Crippen molar-refractivity contribution in [2.24, 2.45) is 17.8 Å². The smallest absolute Gasteiger partial charge is 0.220 e. The third-order valence-electron chi connectivity index (χ3n) is 5.88. The third-order valence-corrected chi connectivity index (χ3v) is 5.88. The zero-order chi connectivity index (χ0) is 16.9. The number of likely N-dealkylation sites (tertiary alicyclic amines) is 1. The van der Waals surface area contributed by atoms with Crippen molar-refractivity contribution in [1.82, 2.24) is 15.5 Å². The Balaban J connectivity index is 1.74. The molecular weight excluding hydrogens is 286 g/mol. The number of amides is 1. The Hall–Kier alpha value is -0.610. The Morgan fingerprint density at radius 3 is 2.78 bits per heavy atom. The van der Waals surface area contributed by atoms with Crippen molar-refractivity contribution < 1.29 is 4.79 Å². The fourth-order valence-corrected chi connectivity index (χ4v) is 4.06. The van der Waals surface area contributed by atoms with Gasteiger partial charge in [-0.25, -0.2) is 0 Å². The van der Waals surface area contributed by atoms with E-state index in [4.69, 9.17) is 0 Å². The molecule has 2 N–H and O–H groups in total. The van der Waals surface area contributed by atoms with Crippen LogP contribution in [0.3, 0.4) is 0 Å². The molecule has 2 saturated heterocycles. The molecule has 23 heavy (non-hydrogen) atoms. The molecule has 134 valence electrons. The van der Waals surface area contributed by atoms with Crippen molar-refractivity contribution in [1.29, 1.82) is 0 Å². The van der Waals surface area contributed by atoms with Gasteiger partial charge in [-0.05, 0) is 76.9 Å². The van der Waals surface area contributed by atoms with Crippen LogP contribution in [0.15, 0.2) is 0 Å². The number of rotatable bonds is 6. The first-order valence-corrected chi connectivity index (χ1v) is 9.61. The summed E-state index contributed by atoms with van der Waals surface area (Å²) in [6.07, 6.45) is 5.80. The summed E-state index contributed by atoms with van der Waals surface area (Å²) in [4.78, 5) is 14.9. The van der Waals surface area contributed by atoms with E-state index in [1.54, 1.807) is 0 Å². The Labute approximate surface area is 142 Å². The lowest BCUT2D eigenvalue weighted by Crippen LogP contribution is -2.54. The summed E-state index contributed by atoms with van der Waals surface area (Å²) in [5.41, 5.74) is 0.0555. The molecule has 3 unspecified atom stereocenters. The van der Waals surface area contributed by atoms with E-state index in [9.17, 15) is 4.79 Å². The van der Waals surface area contributed by atoms with Crippen molar-refractivity contribution in [3.8, 4) is 0 Å². The van der Waals surface area contributed by atoms with E-state index < -0.39 is 0 Å². The first-order chi connectivity index (χ1) is 10.9. The molecule has 4 nitrogen and oxygen atoms in total.